The van der Waals surface area contributed by atoms with Crippen LogP contribution in [-0.2, 0) is 0 Å². The van der Waals surface area contributed by atoms with Crippen LogP contribution in [0.1, 0.15) is 51.0 Å². The molecule has 1 fully saturated rings. The Morgan fingerprint density at radius 2 is 1.81 bits per heavy atom. The van der Waals surface area contributed by atoms with Gasteiger partial charge < -0.3 is 0 Å². The summed E-state index contributed by atoms with van der Waals surface area (Å²) in [5.74, 6) is 0.780. The molecular formula is C20H24S. The van der Waals surface area contributed by atoms with E-state index < -0.39 is 0 Å². The van der Waals surface area contributed by atoms with Gasteiger partial charge in [0.15, 0.2) is 0 Å². The number of allylic oxidation sites excluding steroid dienone is 2. The lowest BCUT2D eigenvalue weighted by molar-refractivity contribution is 0.187. The quantitative estimate of drug-likeness (QED) is 0.568. The fraction of sp³-hybridized carbons (Fsp3) is 0.500. The van der Waals surface area contributed by atoms with Gasteiger partial charge in [-0.15, -0.1) is 11.3 Å². The second kappa shape index (κ2) is 4.01. The number of thiophene rings is 1. The van der Waals surface area contributed by atoms with Gasteiger partial charge in [0.25, 0.3) is 0 Å². The maximum atomic E-state index is 2.52. The van der Waals surface area contributed by atoms with Gasteiger partial charge in [-0.2, -0.15) is 0 Å². The van der Waals surface area contributed by atoms with Crippen molar-refractivity contribution in [1.29, 1.82) is 0 Å². The van der Waals surface area contributed by atoms with Crippen LogP contribution >= 0.6 is 11.3 Å². The molecule has 0 amide bonds. The summed E-state index contributed by atoms with van der Waals surface area (Å²) in [5.41, 5.74) is 5.61. The lowest BCUT2D eigenvalue weighted by Crippen LogP contribution is -2.29. The number of fused-ring (bicyclic) bond motifs is 3. The predicted octanol–water partition coefficient (Wildman–Crippen LogP) is 6.44. The second-order valence-electron chi connectivity index (χ2n) is 7.76. The zero-order valence-electron chi connectivity index (χ0n) is 13.7. The molecule has 1 heteroatoms. The summed E-state index contributed by atoms with van der Waals surface area (Å²) in [7, 11) is 0. The number of hydrogen-bond donors (Lipinski definition) is 0. The van der Waals surface area contributed by atoms with Crippen LogP contribution in [-0.4, -0.2) is 0 Å². The van der Waals surface area contributed by atoms with E-state index in [9.17, 15) is 0 Å². The maximum Gasteiger partial charge on any atom is 0.0352 e. The minimum absolute atomic E-state index is 0.355. The zero-order valence-corrected chi connectivity index (χ0v) is 14.5. The maximum absolute atomic E-state index is 2.52. The van der Waals surface area contributed by atoms with Crippen molar-refractivity contribution in [2.45, 2.75) is 47.5 Å². The van der Waals surface area contributed by atoms with Gasteiger partial charge in [-0.1, -0.05) is 44.5 Å². The van der Waals surface area contributed by atoms with Gasteiger partial charge in [0.05, 0.1) is 0 Å². The molecule has 2 aromatic rings. The SMILES string of the molecule is CC1=C(c2sc3ccccc3c2C)[C@]2(C)CC[C@@H]1C2(C)C. The molecule has 1 aromatic heterocycles. The standard InChI is InChI=1S/C20H24S/c1-12-14-8-6-7-9-16(14)21-18(12)17-13(2)15-10-11-20(17,5)19(15,3)4/h6-9,15H,10-11H2,1-5H3/t15-,20-/m0/s1. The van der Waals surface area contributed by atoms with Gasteiger partial charge in [0.2, 0.25) is 0 Å². The molecule has 0 spiro atoms. The van der Waals surface area contributed by atoms with Gasteiger partial charge in [-0.3, -0.25) is 0 Å². The Balaban J connectivity index is 2.00. The van der Waals surface area contributed by atoms with Crippen LogP contribution < -0.4 is 0 Å². The van der Waals surface area contributed by atoms with Crippen molar-refractivity contribution in [2.75, 3.05) is 0 Å². The fourth-order valence-electron chi connectivity index (χ4n) is 5.16. The van der Waals surface area contributed by atoms with E-state index in [2.05, 4.69) is 58.9 Å². The molecule has 110 valence electrons. The van der Waals surface area contributed by atoms with Crippen molar-refractivity contribution in [2.24, 2.45) is 16.7 Å². The first-order chi connectivity index (χ1) is 9.88. The smallest absolute Gasteiger partial charge is 0.0352 e. The van der Waals surface area contributed by atoms with Gasteiger partial charge >= 0.3 is 0 Å². The highest BCUT2D eigenvalue weighted by atomic mass is 32.1. The van der Waals surface area contributed by atoms with Crippen LogP contribution in [0.5, 0.6) is 0 Å². The summed E-state index contributed by atoms with van der Waals surface area (Å²) >= 11 is 2.01. The highest BCUT2D eigenvalue weighted by Crippen LogP contribution is 2.71. The minimum atomic E-state index is 0.355. The van der Waals surface area contributed by atoms with Crippen molar-refractivity contribution >= 4 is 27.0 Å². The van der Waals surface area contributed by atoms with E-state index in [1.807, 2.05) is 11.3 Å². The first-order valence-electron chi connectivity index (χ1n) is 8.07. The highest BCUT2D eigenvalue weighted by Gasteiger charge is 2.59. The molecule has 21 heavy (non-hydrogen) atoms. The van der Waals surface area contributed by atoms with E-state index in [-0.39, 0.29) is 0 Å². The Morgan fingerprint density at radius 3 is 2.43 bits per heavy atom. The number of hydrogen-bond acceptors (Lipinski definition) is 1. The molecule has 2 bridgehead atoms. The Bertz CT molecular complexity index is 774. The second-order valence-corrected chi connectivity index (χ2v) is 8.81. The Labute approximate surface area is 131 Å². The van der Waals surface area contributed by atoms with Crippen LogP contribution in [0.3, 0.4) is 0 Å². The predicted molar refractivity (Wildman–Crippen MR) is 93.8 cm³/mol. The normalized spacial score (nSPS) is 30.6. The van der Waals surface area contributed by atoms with Gasteiger partial charge in [-0.05, 0) is 66.0 Å². The third-order valence-corrected chi connectivity index (χ3v) is 8.06. The molecule has 0 N–H and O–H groups in total. The molecule has 1 heterocycles. The molecular weight excluding hydrogens is 272 g/mol. The van der Waals surface area contributed by atoms with Crippen molar-refractivity contribution in [1.82, 2.24) is 0 Å². The summed E-state index contributed by atoms with van der Waals surface area (Å²) in [4.78, 5) is 1.56. The third kappa shape index (κ3) is 1.46. The summed E-state index contributed by atoms with van der Waals surface area (Å²) in [6, 6.07) is 8.88. The van der Waals surface area contributed by atoms with Gasteiger partial charge in [-0.25, -0.2) is 0 Å². The molecule has 0 nitrogen and oxygen atoms in total. The molecule has 1 saturated carbocycles. The lowest BCUT2D eigenvalue weighted by Gasteiger charge is -2.37. The van der Waals surface area contributed by atoms with Crippen molar-refractivity contribution in [3.05, 3.63) is 40.3 Å². The first-order valence-corrected chi connectivity index (χ1v) is 8.89. The van der Waals surface area contributed by atoms with Gasteiger partial charge in [0, 0.05) is 9.58 Å². The van der Waals surface area contributed by atoms with Crippen molar-refractivity contribution in [3.63, 3.8) is 0 Å². The highest BCUT2D eigenvalue weighted by molar-refractivity contribution is 7.20. The number of rotatable bonds is 1. The van der Waals surface area contributed by atoms with Crippen LogP contribution in [0.4, 0.5) is 0 Å². The minimum Gasteiger partial charge on any atom is -0.135 e. The molecule has 2 aliphatic carbocycles. The summed E-state index contributed by atoms with van der Waals surface area (Å²) in [6.45, 7) is 12.2. The van der Waals surface area contributed by atoms with Gasteiger partial charge in [0.1, 0.15) is 0 Å². The number of aryl methyl sites for hydroxylation is 1. The zero-order chi connectivity index (χ0) is 15.0. The first kappa shape index (κ1) is 13.6. The van der Waals surface area contributed by atoms with E-state index in [0.717, 1.165) is 5.92 Å². The molecule has 2 atom stereocenters. The summed E-state index contributed by atoms with van der Waals surface area (Å²) in [5, 5.41) is 1.45. The van der Waals surface area contributed by atoms with E-state index in [0.29, 0.717) is 10.8 Å². The fourth-order valence-corrected chi connectivity index (χ4v) is 6.61. The molecule has 0 saturated heterocycles. The molecule has 1 aromatic carbocycles. The van der Waals surface area contributed by atoms with E-state index in [1.165, 1.54) is 28.5 Å². The summed E-state index contributed by atoms with van der Waals surface area (Å²) < 4.78 is 1.44. The van der Waals surface area contributed by atoms with Crippen molar-refractivity contribution in [3.8, 4) is 0 Å². The molecule has 0 radical (unpaired) electrons. The number of benzene rings is 1. The average molecular weight is 296 g/mol. The van der Waals surface area contributed by atoms with Crippen molar-refractivity contribution < 1.29 is 0 Å². The molecule has 4 rings (SSSR count). The van der Waals surface area contributed by atoms with Crippen LogP contribution in [0.15, 0.2) is 29.8 Å². The topological polar surface area (TPSA) is 0 Å². The monoisotopic (exact) mass is 296 g/mol. The van der Waals surface area contributed by atoms with Crippen LogP contribution in [0.25, 0.3) is 15.7 Å². The lowest BCUT2D eigenvalue weighted by atomic mass is 9.67. The van der Waals surface area contributed by atoms with Crippen LogP contribution in [0, 0.1) is 23.7 Å². The molecule has 2 aliphatic rings. The Morgan fingerprint density at radius 1 is 1.10 bits per heavy atom. The third-order valence-electron chi connectivity index (χ3n) is 6.77. The largest absolute Gasteiger partial charge is 0.135 e. The van der Waals surface area contributed by atoms with E-state index in [1.54, 1.807) is 16.0 Å². The van der Waals surface area contributed by atoms with E-state index in [4.69, 9.17) is 0 Å². The van der Waals surface area contributed by atoms with E-state index >= 15 is 0 Å². The Kier molecular flexibility index (Phi) is 2.59. The average Bonchev–Trinajstić information content (AvgIpc) is 2.92. The van der Waals surface area contributed by atoms with Crippen LogP contribution in [0.2, 0.25) is 0 Å². The Hall–Kier alpha value is -1.08. The molecule has 0 aliphatic heterocycles. The summed E-state index contributed by atoms with van der Waals surface area (Å²) in [6.07, 6.45) is 2.73. The molecule has 0 unspecified atom stereocenters.